The van der Waals surface area contributed by atoms with Crippen molar-refractivity contribution >= 4 is 23.2 Å². The number of carbonyl (C=O) groups excluding carboxylic acids is 2. The van der Waals surface area contributed by atoms with Crippen LogP contribution in [0.25, 0.3) is 0 Å². The molecule has 0 aromatic heterocycles. The SMILES string of the molecule is CC(C)(C)c1ccc([C@H]2[C@H]3C(=O)N(c4ccc(F)cc4)C(=O)[C@H]3ON2c2ccccc2)cc1. The number of hydrogen-bond donors (Lipinski definition) is 0. The molecule has 0 radical (unpaired) electrons. The second-order valence-electron chi connectivity index (χ2n) is 9.52. The van der Waals surface area contributed by atoms with Gasteiger partial charge in [0.1, 0.15) is 11.7 Å². The van der Waals surface area contributed by atoms with Crippen LogP contribution in [0.5, 0.6) is 0 Å². The van der Waals surface area contributed by atoms with Crippen LogP contribution in [-0.4, -0.2) is 17.9 Å². The van der Waals surface area contributed by atoms with Gasteiger partial charge in [0.15, 0.2) is 6.10 Å². The molecule has 2 aliphatic rings. The van der Waals surface area contributed by atoms with Crippen LogP contribution in [0, 0.1) is 11.7 Å². The van der Waals surface area contributed by atoms with Crippen LogP contribution in [0.2, 0.25) is 0 Å². The molecule has 0 bridgehead atoms. The molecule has 2 fully saturated rings. The number of halogens is 1. The first-order chi connectivity index (χ1) is 15.8. The van der Waals surface area contributed by atoms with Gasteiger partial charge in [-0.3, -0.25) is 14.4 Å². The Hall–Kier alpha value is -3.51. The number of rotatable bonds is 3. The average molecular weight is 445 g/mol. The van der Waals surface area contributed by atoms with Gasteiger partial charge in [0, 0.05) is 0 Å². The first-order valence-corrected chi connectivity index (χ1v) is 11.0. The van der Waals surface area contributed by atoms with Crippen LogP contribution in [0.3, 0.4) is 0 Å². The number of carbonyl (C=O) groups is 2. The molecule has 2 saturated heterocycles. The Balaban J connectivity index is 1.57. The predicted octanol–water partition coefficient (Wildman–Crippen LogP) is 5.17. The van der Waals surface area contributed by atoms with Crippen LogP contribution < -0.4 is 9.96 Å². The molecule has 5 nitrogen and oxygen atoms in total. The summed E-state index contributed by atoms with van der Waals surface area (Å²) in [5.41, 5.74) is 3.17. The molecule has 33 heavy (non-hydrogen) atoms. The van der Waals surface area contributed by atoms with Crippen LogP contribution in [0.4, 0.5) is 15.8 Å². The molecule has 2 amide bonds. The number of amides is 2. The van der Waals surface area contributed by atoms with E-state index < -0.39 is 29.8 Å². The van der Waals surface area contributed by atoms with Gasteiger partial charge in [-0.25, -0.2) is 14.4 Å². The van der Waals surface area contributed by atoms with E-state index in [-0.39, 0.29) is 11.3 Å². The summed E-state index contributed by atoms with van der Waals surface area (Å²) in [4.78, 5) is 34.1. The molecule has 2 heterocycles. The molecule has 3 atom stereocenters. The molecular formula is C27H25FN2O3. The summed E-state index contributed by atoms with van der Waals surface area (Å²) in [6.07, 6.45) is -0.949. The number of imide groups is 1. The normalized spacial score (nSPS) is 22.7. The zero-order valence-electron chi connectivity index (χ0n) is 18.7. The number of anilines is 2. The Morgan fingerprint density at radius 3 is 2.03 bits per heavy atom. The zero-order valence-corrected chi connectivity index (χ0v) is 18.7. The monoisotopic (exact) mass is 444 g/mol. The van der Waals surface area contributed by atoms with Gasteiger partial charge in [-0.2, -0.15) is 0 Å². The predicted molar refractivity (Wildman–Crippen MR) is 124 cm³/mol. The van der Waals surface area contributed by atoms with Crippen molar-refractivity contribution in [3.63, 3.8) is 0 Å². The number of fused-ring (bicyclic) bond motifs is 1. The number of para-hydroxylation sites is 1. The number of hydroxylamine groups is 1. The molecule has 0 unspecified atom stereocenters. The third kappa shape index (κ3) is 3.60. The summed E-state index contributed by atoms with van der Waals surface area (Å²) < 4.78 is 13.4. The lowest BCUT2D eigenvalue weighted by Gasteiger charge is -2.29. The van der Waals surface area contributed by atoms with E-state index in [4.69, 9.17) is 4.84 Å². The molecular weight excluding hydrogens is 419 g/mol. The van der Waals surface area contributed by atoms with Gasteiger partial charge in [-0.15, -0.1) is 0 Å². The highest BCUT2D eigenvalue weighted by Crippen LogP contribution is 2.47. The molecule has 2 aliphatic heterocycles. The van der Waals surface area contributed by atoms with Crippen molar-refractivity contribution < 1.29 is 18.8 Å². The molecule has 0 aliphatic carbocycles. The van der Waals surface area contributed by atoms with Crippen LogP contribution in [0.15, 0.2) is 78.9 Å². The van der Waals surface area contributed by atoms with Gasteiger partial charge in [0.05, 0.1) is 17.4 Å². The smallest absolute Gasteiger partial charge is 0.266 e. The van der Waals surface area contributed by atoms with Crippen LogP contribution in [0.1, 0.15) is 37.9 Å². The van der Waals surface area contributed by atoms with Crippen molar-refractivity contribution in [3.05, 3.63) is 95.8 Å². The molecule has 6 heteroatoms. The molecule has 168 valence electrons. The maximum atomic E-state index is 13.6. The van der Waals surface area contributed by atoms with E-state index >= 15 is 0 Å². The van der Waals surface area contributed by atoms with Crippen LogP contribution in [-0.2, 0) is 19.8 Å². The van der Waals surface area contributed by atoms with Crippen LogP contribution >= 0.6 is 0 Å². The Morgan fingerprint density at radius 1 is 0.788 bits per heavy atom. The summed E-state index contributed by atoms with van der Waals surface area (Å²) >= 11 is 0. The van der Waals surface area contributed by atoms with Crippen molar-refractivity contribution in [2.75, 3.05) is 9.96 Å². The fourth-order valence-corrected chi connectivity index (χ4v) is 4.58. The minimum absolute atomic E-state index is 0.00904. The number of hydrogen-bond acceptors (Lipinski definition) is 4. The summed E-state index contributed by atoms with van der Waals surface area (Å²) in [6.45, 7) is 6.44. The van der Waals surface area contributed by atoms with E-state index in [9.17, 15) is 14.0 Å². The van der Waals surface area contributed by atoms with E-state index in [0.717, 1.165) is 16.2 Å². The topological polar surface area (TPSA) is 49.9 Å². The van der Waals surface area contributed by atoms with Gasteiger partial charge < -0.3 is 0 Å². The lowest BCUT2D eigenvalue weighted by atomic mass is 9.84. The van der Waals surface area contributed by atoms with Crippen molar-refractivity contribution in [2.45, 2.75) is 38.3 Å². The van der Waals surface area contributed by atoms with Gasteiger partial charge >= 0.3 is 0 Å². The Kier molecular flexibility index (Phi) is 5.05. The van der Waals surface area contributed by atoms with Crippen molar-refractivity contribution in [1.29, 1.82) is 0 Å². The first-order valence-electron chi connectivity index (χ1n) is 11.0. The van der Waals surface area contributed by atoms with Crippen molar-refractivity contribution in [3.8, 4) is 0 Å². The highest BCUT2D eigenvalue weighted by atomic mass is 19.1. The highest BCUT2D eigenvalue weighted by molar-refractivity contribution is 6.23. The quantitative estimate of drug-likeness (QED) is 0.523. The molecule has 0 N–H and O–H groups in total. The average Bonchev–Trinajstić information content (AvgIpc) is 3.31. The van der Waals surface area contributed by atoms with Crippen molar-refractivity contribution in [1.82, 2.24) is 0 Å². The lowest BCUT2D eigenvalue weighted by Crippen LogP contribution is -2.37. The highest BCUT2D eigenvalue weighted by Gasteiger charge is 2.60. The molecule has 0 saturated carbocycles. The summed E-state index contributed by atoms with van der Waals surface area (Å²) in [5.74, 6) is -1.93. The van der Waals surface area contributed by atoms with E-state index in [2.05, 4.69) is 32.9 Å². The van der Waals surface area contributed by atoms with E-state index in [0.29, 0.717) is 5.69 Å². The standard InChI is InChI=1S/C27H25FN2O3/c1-27(2,3)18-11-9-17(10-12-18)23-22-24(33-30(23)21-7-5-4-6-8-21)26(32)29(25(22)31)20-15-13-19(28)14-16-20/h4-16,22-24H,1-3H3/t22-,23+,24+/m1/s1. The molecule has 3 aromatic carbocycles. The first kappa shape index (κ1) is 21.3. The molecule has 5 rings (SSSR count). The maximum Gasteiger partial charge on any atom is 0.266 e. The summed E-state index contributed by atoms with van der Waals surface area (Å²) in [5, 5.41) is 1.68. The number of nitrogens with zero attached hydrogens (tertiary/aromatic N) is 2. The van der Waals surface area contributed by atoms with Gasteiger partial charge in [0.25, 0.3) is 5.91 Å². The third-order valence-electron chi connectivity index (χ3n) is 6.33. The van der Waals surface area contributed by atoms with E-state index in [1.165, 1.54) is 29.8 Å². The zero-order chi connectivity index (χ0) is 23.3. The second-order valence-corrected chi connectivity index (χ2v) is 9.52. The summed E-state index contributed by atoms with van der Waals surface area (Å²) in [7, 11) is 0. The fraction of sp³-hybridized carbons (Fsp3) is 0.259. The Morgan fingerprint density at radius 2 is 1.42 bits per heavy atom. The van der Waals surface area contributed by atoms with Gasteiger partial charge in [0.2, 0.25) is 5.91 Å². The van der Waals surface area contributed by atoms with Crippen molar-refractivity contribution in [2.24, 2.45) is 5.92 Å². The second kappa shape index (κ2) is 7.81. The summed E-state index contributed by atoms with van der Waals surface area (Å²) in [6, 6.07) is 22.5. The molecule has 3 aromatic rings. The minimum atomic E-state index is -0.949. The third-order valence-corrected chi connectivity index (χ3v) is 6.33. The largest absolute Gasteiger partial charge is 0.273 e. The maximum absolute atomic E-state index is 13.6. The minimum Gasteiger partial charge on any atom is -0.273 e. The van der Waals surface area contributed by atoms with Gasteiger partial charge in [-0.05, 0) is 52.9 Å². The van der Waals surface area contributed by atoms with E-state index in [1.807, 2.05) is 42.5 Å². The Bertz CT molecular complexity index is 1190. The lowest BCUT2D eigenvalue weighted by molar-refractivity contribution is -0.126. The van der Waals surface area contributed by atoms with E-state index in [1.54, 1.807) is 5.06 Å². The van der Waals surface area contributed by atoms with Gasteiger partial charge in [-0.1, -0.05) is 63.2 Å². The molecule has 0 spiro atoms. The number of benzene rings is 3. The Labute approximate surface area is 192 Å². The fourth-order valence-electron chi connectivity index (χ4n) is 4.58.